The molecule has 1 atom stereocenters. The SMILES string of the molecule is C[C@@H](Nc1cccc(S(N)(=O)=O)c1)C(=O)Nc1ccccc1-c1ccccc1. The highest BCUT2D eigenvalue weighted by molar-refractivity contribution is 7.89. The van der Waals surface area contributed by atoms with Gasteiger partial charge in [0, 0.05) is 16.9 Å². The van der Waals surface area contributed by atoms with Gasteiger partial charge in [0.25, 0.3) is 0 Å². The van der Waals surface area contributed by atoms with E-state index in [1.807, 2.05) is 54.6 Å². The van der Waals surface area contributed by atoms with Gasteiger partial charge in [0.05, 0.1) is 4.90 Å². The number of hydrogen-bond donors (Lipinski definition) is 3. The van der Waals surface area contributed by atoms with Crippen molar-refractivity contribution >= 4 is 27.3 Å². The van der Waals surface area contributed by atoms with Gasteiger partial charge < -0.3 is 10.6 Å². The Morgan fingerprint density at radius 1 is 0.929 bits per heavy atom. The summed E-state index contributed by atoms with van der Waals surface area (Å²) in [6.45, 7) is 1.70. The van der Waals surface area contributed by atoms with Gasteiger partial charge in [0.1, 0.15) is 6.04 Å². The second-order valence-electron chi connectivity index (χ2n) is 6.34. The van der Waals surface area contributed by atoms with E-state index in [2.05, 4.69) is 10.6 Å². The molecule has 28 heavy (non-hydrogen) atoms. The van der Waals surface area contributed by atoms with Gasteiger partial charge in [0.15, 0.2) is 0 Å². The molecule has 0 bridgehead atoms. The monoisotopic (exact) mass is 395 g/mol. The molecule has 0 aromatic heterocycles. The highest BCUT2D eigenvalue weighted by atomic mass is 32.2. The Labute approximate surface area is 164 Å². The van der Waals surface area contributed by atoms with Crippen molar-refractivity contribution in [3.05, 3.63) is 78.9 Å². The van der Waals surface area contributed by atoms with Crippen molar-refractivity contribution in [1.82, 2.24) is 0 Å². The van der Waals surface area contributed by atoms with Crippen LogP contribution in [0, 0.1) is 0 Å². The highest BCUT2D eigenvalue weighted by Gasteiger charge is 2.16. The first kappa shape index (κ1) is 19.6. The van der Waals surface area contributed by atoms with Crippen molar-refractivity contribution in [2.24, 2.45) is 5.14 Å². The van der Waals surface area contributed by atoms with E-state index in [0.29, 0.717) is 11.4 Å². The molecule has 7 heteroatoms. The zero-order valence-corrected chi connectivity index (χ0v) is 16.1. The summed E-state index contributed by atoms with van der Waals surface area (Å²) in [6, 6.07) is 22.8. The van der Waals surface area contributed by atoms with E-state index < -0.39 is 16.1 Å². The summed E-state index contributed by atoms with van der Waals surface area (Å²) < 4.78 is 23.0. The van der Waals surface area contributed by atoms with Crippen molar-refractivity contribution < 1.29 is 13.2 Å². The number of nitrogens with one attached hydrogen (secondary N) is 2. The maximum absolute atomic E-state index is 12.7. The fourth-order valence-corrected chi connectivity index (χ4v) is 3.34. The summed E-state index contributed by atoms with van der Waals surface area (Å²) in [5.41, 5.74) is 3.11. The molecular weight excluding hydrogens is 374 g/mol. The number of rotatable bonds is 6. The second kappa shape index (κ2) is 8.24. The Balaban J connectivity index is 1.76. The van der Waals surface area contributed by atoms with Crippen LogP contribution in [0.3, 0.4) is 0 Å². The van der Waals surface area contributed by atoms with E-state index in [1.54, 1.807) is 19.1 Å². The van der Waals surface area contributed by atoms with E-state index in [0.717, 1.165) is 11.1 Å². The standard InChI is InChI=1S/C21H21N3O3S/c1-15(23-17-10-7-11-18(14-17)28(22,26)27)21(25)24-20-13-6-5-12-19(20)16-8-3-2-4-9-16/h2-15,23H,1H3,(H,24,25)(H2,22,26,27)/t15-/m1/s1. The lowest BCUT2D eigenvalue weighted by Crippen LogP contribution is -2.32. The second-order valence-corrected chi connectivity index (χ2v) is 7.90. The van der Waals surface area contributed by atoms with Crippen molar-refractivity contribution in [3.63, 3.8) is 0 Å². The van der Waals surface area contributed by atoms with Gasteiger partial charge in [-0.2, -0.15) is 0 Å². The lowest BCUT2D eigenvalue weighted by Gasteiger charge is -2.17. The molecule has 0 heterocycles. The molecule has 0 unspecified atom stereocenters. The summed E-state index contributed by atoms with van der Waals surface area (Å²) in [5, 5.41) is 11.1. The zero-order chi connectivity index (χ0) is 20.1. The normalized spacial score (nSPS) is 12.2. The average Bonchev–Trinajstić information content (AvgIpc) is 2.68. The van der Waals surface area contributed by atoms with Crippen molar-refractivity contribution in [2.75, 3.05) is 10.6 Å². The number of hydrogen-bond acceptors (Lipinski definition) is 4. The number of anilines is 2. The van der Waals surface area contributed by atoms with Crippen molar-refractivity contribution in [2.45, 2.75) is 17.9 Å². The van der Waals surface area contributed by atoms with Crippen molar-refractivity contribution in [1.29, 1.82) is 0 Å². The Hall–Kier alpha value is -3.16. The number of amides is 1. The minimum absolute atomic E-state index is 0.0143. The van der Waals surface area contributed by atoms with Crippen LogP contribution < -0.4 is 15.8 Å². The molecule has 6 nitrogen and oxygen atoms in total. The van der Waals surface area contributed by atoms with Crippen LogP contribution in [0.1, 0.15) is 6.92 Å². The molecule has 0 spiro atoms. The Morgan fingerprint density at radius 2 is 1.61 bits per heavy atom. The van der Waals surface area contributed by atoms with Gasteiger partial charge in [-0.15, -0.1) is 0 Å². The number of sulfonamides is 1. The van der Waals surface area contributed by atoms with Crippen LogP contribution in [0.2, 0.25) is 0 Å². The van der Waals surface area contributed by atoms with Gasteiger partial charge in [0.2, 0.25) is 15.9 Å². The fourth-order valence-electron chi connectivity index (χ4n) is 2.78. The number of para-hydroxylation sites is 1. The highest BCUT2D eigenvalue weighted by Crippen LogP contribution is 2.27. The third-order valence-electron chi connectivity index (χ3n) is 4.21. The topological polar surface area (TPSA) is 101 Å². The molecule has 3 aromatic rings. The third-order valence-corrected chi connectivity index (χ3v) is 5.12. The molecule has 0 saturated heterocycles. The van der Waals surface area contributed by atoms with Crippen LogP contribution in [0.25, 0.3) is 11.1 Å². The summed E-state index contributed by atoms with van der Waals surface area (Å²) >= 11 is 0. The van der Waals surface area contributed by atoms with Crippen molar-refractivity contribution in [3.8, 4) is 11.1 Å². The molecule has 0 radical (unpaired) electrons. The number of carbonyl (C=O) groups is 1. The zero-order valence-electron chi connectivity index (χ0n) is 15.3. The van der Waals surface area contributed by atoms with E-state index in [4.69, 9.17) is 5.14 Å². The maximum Gasteiger partial charge on any atom is 0.246 e. The van der Waals surface area contributed by atoms with Crippen LogP contribution >= 0.6 is 0 Å². The maximum atomic E-state index is 12.7. The number of carbonyl (C=O) groups excluding carboxylic acids is 1. The predicted octanol–water partition coefficient (Wildman–Crippen LogP) is 3.44. The average molecular weight is 395 g/mol. The van der Waals surface area contributed by atoms with Gasteiger partial charge in [-0.05, 0) is 36.8 Å². The molecule has 0 aliphatic rings. The summed E-state index contributed by atoms with van der Waals surface area (Å²) in [7, 11) is -3.81. The predicted molar refractivity (Wildman–Crippen MR) is 111 cm³/mol. The molecular formula is C21H21N3O3S. The minimum atomic E-state index is -3.81. The number of primary sulfonamides is 1. The third kappa shape index (κ3) is 4.76. The van der Waals surface area contributed by atoms with E-state index in [1.165, 1.54) is 12.1 Å². The largest absolute Gasteiger partial charge is 0.374 e. The van der Waals surface area contributed by atoms with Crippen LogP contribution in [-0.2, 0) is 14.8 Å². The Bertz CT molecular complexity index is 1080. The smallest absolute Gasteiger partial charge is 0.246 e. The van der Waals surface area contributed by atoms with E-state index >= 15 is 0 Å². The molecule has 0 aliphatic heterocycles. The molecule has 3 rings (SSSR count). The summed E-state index contributed by atoms with van der Waals surface area (Å²) in [4.78, 5) is 12.7. The van der Waals surface area contributed by atoms with Gasteiger partial charge in [-0.1, -0.05) is 54.6 Å². The van der Waals surface area contributed by atoms with Gasteiger partial charge >= 0.3 is 0 Å². The molecule has 1 amide bonds. The van der Waals surface area contributed by atoms with Crippen LogP contribution in [-0.4, -0.2) is 20.4 Å². The lowest BCUT2D eigenvalue weighted by molar-refractivity contribution is -0.116. The first-order valence-corrected chi connectivity index (χ1v) is 10.2. The van der Waals surface area contributed by atoms with E-state index in [-0.39, 0.29) is 10.8 Å². The lowest BCUT2D eigenvalue weighted by atomic mass is 10.0. The van der Waals surface area contributed by atoms with Gasteiger partial charge in [-0.3, -0.25) is 4.79 Å². The van der Waals surface area contributed by atoms with Crippen LogP contribution in [0.5, 0.6) is 0 Å². The minimum Gasteiger partial charge on any atom is -0.374 e. The Kier molecular flexibility index (Phi) is 5.77. The van der Waals surface area contributed by atoms with Gasteiger partial charge in [-0.25, -0.2) is 13.6 Å². The fraction of sp³-hybridized carbons (Fsp3) is 0.0952. The molecule has 0 aliphatic carbocycles. The van der Waals surface area contributed by atoms with Crippen LogP contribution in [0.15, 0.2) is 83.8 Å². The van der Waals surface area contributed by atoms with E-state index in [9.17, 15) is 13.2 Å². The first-order chi connectivity index (χ1) is 13.3. The molecule has 4 N–H and O–H groups in total. The molecule has 0 fully saturated rings. The molecule has 3 aromatic carbocycles. The van der Waals surface area contributed by atoms with Crippen LogP contribution in [0.4, 0.5) is 11.4 Å². The summed E-state index contributed by atoms with van der Waals surface area (Å²) in [5.74, 6) is -0.246. The number of benzene rings is 3. The first-order valence-electron chi connectivity index (χ1n) is 8.69. The molecule has 0 saturated carbocycles. The summed E-state index contributed by atoms with van der Waals surface area (Å²) in [6.07, 6.45) is 0. The Morgan fingerprint density at radius 3 is 2.32 bits per heavy atom. The molecule has 144 valence electrons. The quantitative estimate of drug-likeness (QED) is 0.595. The number of nitrogens with two attached hydrogens (primary N) is 1.